The summed E-state index contributed by atoms with van der Waals surface area (Å²) in [7, 11) is 1.54. The number of amides is 3. The van der Waals surface area contributed by atoms with Gasteiger partial charge in [0.25, 0.3) is 0 Å². The van der Waals surface area contributed by atoms with Crippen molar-refractivity contribution >= 4 is 40.8 Å². The standard InChI is InChI=1S/C25H27Cl2N3O4/c1-18-8-10-21(34-18)16-30(15-19-6-4-3-5-7-19)24(31)17-29(12-13-33-2)25(32)28-23-11-9-20(26)14-22(23)27/h3-11,14H,12-13,15-17H2,1-2H3,(H,28,32). The predicted molar refractivity (Wildman–Crippen MR) is 133 cm³/mol. The van der Waals surface area contributed by atoms with Crippen molar-refractivity contribution in [1.29, 1.82) is 0 Å². The summed E-state index contributed by atoms with van der Waals surface area (Å²) in [6.07, 6.45) is 0. The quantitative estimate of drug-likeness (QED) is 0.390. The number of benzene rings is 2. The Bertz CT molecular complexity index is 1100. The fourth-order valence-corrected chi connectivity index (χ4v) is 3.75. The molecule has 0 aliphatic carbocycles. The lowest BCUT2D eigenvalue weighted by Crippen LogP contribution is -2.45. The SMILES string of the molecule is COCCN(CC(=O)N(Cc1ccccc1)Cc1ccc(C)o1)C(=O)Nc1ccc(Cl)cc1Cl. The van der Waals surface area contributed by atoms with E-state index in [1.54, 1.807) is 17.0 Å². The van der Waals surface area contributed by atoms with Crippen LogP contribution in [0.2, 0.25) is 10.0 Å². The Hall–Kier alpha value is -3.00. The molecule has 9 heteroatoms. The maximum Gasteiger partial charge on any atom is 0.322 e. The number of carbonyl (C=O) groups excluding carboxylic acids is 2. The van der Waals surface area contributed by atoms with Gasteiger partial charge in [-0.1, -0.05) is 53.5 Å². The van der Waals surface area contributed by atoms with E-state index in [1.807, 2.05) is 49.4 Å². The third-order valence-corrected chi connectivity index (χ3v) is 5.61. The molecule has 0 atom stereocenters. The zero-order valence-electron chi connectivity index (χ0n) is 19.1. The highest BCUT2D eigenvalue weighted by molar-refractivity contribution is 6.36. The molecule has 3 rings (SSSR count). The summed E-state index contributed by atoms with van der Waals surface area (Å²) in [5, 5.41) is 3.51. The van der Waals surface area contributed by atoms with Crippen LogP contribution in [0.15, 0.2) is 65.1 Å². The van der Waals surface area contributed by atoms with Gasteiger partial charge in [-0.3, -0.25) is 4.79 Å². The highest BCUT2D eigenvalue weighted by Crippen LogP contribution is 2.25. The molecule has 3 aromatic rings. The van der Waals surface area contributed by atoms with Gasteiger partial charge < -0.3 is 24.3 Å². The van der Waals surface area contributed by atoms with Crippen LogP contribution in [0, 0.1) is 6.92 Å². The molecule has 1 aromatic heterocycles. The number of rotatable bonds is 10. The number of hydrogen-bond acceptors (Lipinski definition) is 4. The molecule has 34 heavy (non-hydrogen) atoms. The van der Waals surface area contributed by atoms with Crippen molar-refractivity contribution < 1.29 is 18.7 Å². The van der Waals surface area contributed by atoms with Gasteiger partial charge in [0.2, 0.25) is 5.91 Å². The Labute approximate surface area is 209 Å². The molecule has 0 radical (unpaired) electrons. The smallest absolute Gasteiger partial charge is 0.322 e. The first kappa shape index (κ1) is 25.6. The number of halogens is 2. The van der Waals surface area contributed by atoms with Crippen LogP contribution >= 0.6 is 23.2 Å². The molecule has 0 fully saturated rings. The van der Waals surface area contributed by atoms with Gasteiger partial charge in [0.1, 0.15) is 18.1 Å². The molecule has 7 nitrogen and oxygen atoms in total. The van der Waals surface area contributed by atoms with E-state index in [9.17, 15) is 9.59 Å². The van der Waals surface area contributed by atoms with Crippen LogP contribution in [0.1, 0.15) is 17.1 Å². The molecule has 2 aromatic carbocycles. The Kier molecular flexibility index (Phi) is 9.39. The molecule has 0 spiro atoms. The molecule has 180 valence electrons. The van der Waals surface area contributed by atoms with Crippen LogP contribution in [0.4, 0.5) is 10.5 Å². The lowest BCUT2D eigenvalue weighted by Gasteiger charge is -2.27. The average Bonchev–Trinajstić information content (AvgIpc) is 3.23. The summed E-state index contributed by atoms with van der Waals surface area (Å²) in [6, 6.07) is 17.7. The number of methoxy groups -OCH3 is 1. The van der Waals surface area contributed by atoms with E-state index < -0.39 is 6.03 Å². The average molecular weight is 504 g/mol. The molecule has 0 saturated carbocycles. The van der Waals surface area contributed by atoms with Crippen molar-refractivity contribution in [2.75, 3.05) is 32.1 Å². The first-order valence-electron chi connectivity index (χ1n) is 10.7. The second-order valence-corrected chi connectivity index (χ2v) is 8.56. The van der Waals surface area contributed by atoms with Crippen LogP contribution in [0.5, 0.6) is 0 Å². The van der Waals surface area contributed by atoms with Crippen molar-refractivity contribution in [1.82, 2.24) is 9.80 Å². The van der Waals surface area contributed by atoms with Gasteiger partial charge in [-0.05, 0) is 42.8 Å². The number of furan rings is 1. The molecule has 0 aliphatic rings. The zero-order chi connectivity index (χ0) is 24.5. The van der Waals surface area contributed by atoms with E-state index >= 15 is 0 Å². The van der Waals surface area contributed by atoms with E-state index in [4.69, 9.17) is 32.4 Å². The van der Waals surface area contributed by atoms with E-state index in [0.29, 0.717) is 28.0 Å². The minimum Gasteiger partial charge on any atom is -0.464 e. The van der Waals surface area contributed by atoms with Crippen molar-refractivity contribution in [3.63, 3.8) is 0 Å². The normalized spacial score (nSPS) is 10.7. The fourth-order valence-electron chi connectivity index (χ4n) is 3.30. The Balaban J connectivity index is 1.76. The summed E-state index contributed by atoms with van der Waals surface area (Å²) in [5.74, 6) is 1.21. The molecule has 0 aliphatic heterocycles. The number of hydrogen-bond donors (Lipinski definition) is 1. The van der Waals surface area contributed by atoms with E-state index in [2.05, 4.69) is 5.32 Å². The number of carbonyl (C=O) groups is 2. The highest BCUT2D eigenvalue weighted by atomic mass is 35.5. The molecule has 0 bridgehead atoms. The molecule has 1 heterocycles. The van der Waals surface area contributed by atoms with Gasteiger partial charge in [0.15, 0.2) is 0 Å². The number of anilines is 1. The molecule has 1 N–H and O–H groups in total. The molecule has 3 amide bonds. The Morgan fingerprint density at radius 1 is 1.00 bits per heavy atom. The second-order valence-electron chi connectivity index (χ2n) is 7.72. The summed E-state index contributed by atoms with van der Waals surface area (Å²) >= 11 is 12.1. The lowest BCUT2D eigenvalue weighted by molar-refractivity contribution is -0.133. The minimum absolute atomic E-state index is 0.146. The largest absolute Gasteiger partial charge is 0.464 e. The third kappa shape index (κ3) is 7.52. The summed E-state index contributed by atoms with van der Waals surface area (Å²) < 4.78 is 10.8. The van der Waals surface area contributed by atoms with E-state index in [-0.39, 0.29) is 32.1 Å². The monoisotopic (exact) mass is 503 g/mol. The summed E-state index contributed by atoms with van der Waals surface area (Å²) in [5.41, 5.74) is 1.37. The molecular formula is C25H27Cl2N3O4. The van der Waals surface area contributed by atoms with Crippen LogP contribution in [-0.2, 0) is 22.6 Å². The maximum absolute atomic E-state index is 13.4. The first-order chi connectivity index (χ1) is 16.4. The molecule has 0 unspecified atom stereocenters. The van der Waals surface area contributed by atoms with Crippen LogP contribution in [0.3, 0.4) is 0 Å². The number of ether oxygens (including phenoxy) is 1. The maximum atomic E-state index is 13.4. The van der Waals surface area contributed by atoms with E-state index in [1.165, 1.54) is 18.1 Å². The van der Waals surface area contributed by atoms with Gasteiger partial charge in [0, 0.05) is 25.2 Å². The number of nitrogens with zero attached hydrogens (tertiary/aromatic N) is 2. The van der Waals surface area contributed by atoms with Crippen molar-refractivity contribution in [2.45, 2.75) is 20.0 Å². The third-order valence-electron chi connectivity index (χ3n) is 5.06. The minimum atomic E-state index is -0.469. The molecule has 0 saturated heterocycles. The van der Waals surface area contributed by atoms with Crippen molar-refractivity contribution in [3.8, 4) is 0 Å². The van der Waals surface area contributed by atoms with Crippen molar-refractivity contribution in [2.24, 2.45) is 0 Å². The fraction of sp³-hybridized carbons (Fsp3) is 0.280. The first-order valence-corrected chi connectivity index (χ1v) is 11.5. The number of aryl methyl sites for hydroxylation is 1. The molecular weight excluding hydrogens is 477 g/mol. The lowest BCUT2D eigenvalue weighted by atomic mass is 10.2. The summed E-state index contributed by atoms with van der Waals surface area (Å²) in [4.78, 5) is 29.4. The Morgan fingerprint density at radius 3 is 2.41 bits per heavy atom. The highest BCUT2D eigenvalue weighted by Gasteiger charge is 2.23. The topological polar surface area (TPSA) is 75.0 Å². The van der Waals surface area contributed by atoms with Gasteiger partial charge in [-0.15, -0.1) is 0 Å². The van der Waals surface area contributed by atoms with Crippen LogP contribution in [-0.4, -0.2) is 48.5 Å². The van der Waals surface area contributed by atoms with Gasteiger partial charge in [-0.25, -0.2) is 4.79 Å². The Morgan fingerprint density at radius 2 is 1.76 bits per heavy atom. The predicted octanol–water partition coefficient (Wildman–Crippen LogP) is 5.60. The number of urea groups is 1. The van der Waals surface area contributed by atoms with Crippen LogP contribution < -0.4 is 5.32 Å². The van der Waals surface area contributed by atoms with Gasteiger partial charge in [-0.2, -0.15) is 0 Å². The van der Waals surface area contributed by atoms with Crippen molar-refractivity contribution in [3.05, 3.63) is 87.8 Å². The summed E-state index contributed by atoms with van der Waals surface area (Å²) in [6.45, 7) is 2.86. The van der Waals surface area contributed by atoms with Crippen LogP contribution in [0.25, 0.3) is 0 Å². The number of nitrogens with one attached hydrogen (secondary N) is 1. The second kappa shape index (κ2) is 12.5. The van der Waals surface area contributed by atoms with E-state index in [0.717, 1.165) is 11.3 Å². The zero-order valence-corrected chi connectivity index (χ0v) is 20.6. The van der Waals surface area contributed by atoms with Gasteiger partial charge >= 0.3 is 6.03 Å². The van der Waals surface area contributed by atoms with Gasteiger partial charge in [0.05, 0.1) is 23.9 Å².